The first-order valence-electron chi connectivity index (χ1n) is 9.09. The maximum absolute atomic E-state index is 12.3. The minimum absolute atomic E-state index is 0.0555. The van der Waals surface area contributed by atoms with E-state index in [4.69, 9.17) is 14.2 Å². The van der Waals surface area contributed by atoms with Gasteiger partial charge in [-0.05, 0) is 12.0 Å². The fourth-order valence-corrected chi connectivity index (χ4v) is 3.97. The molecule has 4 rings (SSSR count). The van der Waals surface area contributed by atoms with Gasteiger partial charge in [0, 0.05) is 19.1 Å². The Morgan fingerprint density at radius 2 is 1.96 bits per heavy atom. The standard InChI is InChI=1S/C19H26N2O4/c22-18(13-24-11-16-4-2-1-3-5-16)21-14-19(15-21)10-17(12-25-19)20-6-8-23-9-7-20/h1-5,17H,6-15H2. The number of carbonyl (C=O) groups excluding carboxylic acids is 1. The van der Waals surface area contributed by atoms with E-state index in [1.807, 2.05) is 35.2 Å². The first-order valence-corrected chi connectivity index (χ1v) is 9.09. The van der Waals surface area contributed by atoms with Crippen LogP contribution in [0.4, 0.5) is 0 Å². The molecule has 3 aliphatic rings. The molecule has 0 radical (unpaired) electrons. The van der Waals surface area contributed by atoms with Crippen LogP contribution in [-0.4, -0.2) is 80.0 Å². The molecule has 0 aromatic heterocycles. The van der Waals surface area contributed by atoms with Crippen molar-refractivity contribution in [1.29, 1.82) is 0 Å². The summed E-state index contributed by atoms with van der Waals surface area (Å²) in [4.78, 5) is 16.6. The van der Waals surface area contributed by atoms with Gasteiger partial charge in [-0.2, -0.15) is 0 Å². The van der Waals surface area contributed by atoms with Crippen LogP contribution in [0.25, 0.3) is 0 Å². The highest BCUT2D eigenvalue weighted by atomic mass is 16.5. The molecule has 0 aliphatic carbocycles. The highest BCUT2D eigenvalue weighted by Crippen LogP contribution is 2.37. The Bertz CT molecular complexity index is 582. The fourth-order valence-electron chi connectivity index (χ4n) is 3.97. The van der Waals surface area contributed by atoms with Crippen molar-refractivity contribution in [1.82, 2.24) is 9.80 Å². The molecule has 25 heavy (non-hydrogen) atoms. The predicted molar refractivity (Wildman–Crippen MR) is 92.2 cm³/mol. The zero-order chi connectivity index (χ0) is 17.1. The van der Waals surface area contributed by atoms with Crippen LogP contribution in [0.1, 0.15) is 12.0 Å². The lowest BCUT2D eigenvalue weighted by molar-refractivity contribution is -0.162. The molecule has 136 valence electrons. The smallest absolute Gasteiger partial charge is 0.248 e. The van der Waals surface area contributed by atoms with E-state index < -0.39 is 0 Å². The van der Waals surface area contributed by atoms with Crippen LogP contribution in [0, 0.1) is 0 Å². The van der Waals surface area contributed by atoms with E-state index in [2.05, 4.69) is 4.90 Å². The minimum atomic E-state index is -0.127. The number of carbonyl (C=O) groups is 1. The summed E-state index contributed by atoms with van der Waals surface area (Å²) in [6.45, 7) is 6.37. The number of hydrogen-bond donors (Lipinski definition) is 0. The van der Waals surface area contributed by atoms with Crippen LogP contribution in [0.15, 0.2) is 30.3 Å². The second-order valence-electron chi connectivity index (χ2n) is 7.23. The number of rotatable bonds is 5. The first kappa shape index (κ1) is 17.0. The van der Waals surface area contributed by atoms with Gasteiger partial charge < -0.3 is 19.1 Å². The maximum atomic E-state index is 12.3. The van der Waals surface area contributed by atoms with Crippen LogP contribution in [0.3, 0.4) is 0 Å². The fraction of sp³-hybridized carbons (Fsp3) is 0.632. The van der Waals surface area contributed by atoms with Gasteiger partial charge in [0.15, 0.2) is 0 Å². The molecule has 1 aromatic carbocycles. The highest BCUT2D eigenvalue weighted by Gasteiger charge is 2.52. The number of hydrogen-bond acceptors (Lipinski definition) is 5. The third-order valence-corrected chi connectivity index (χ3v) is 5.40. The molecule has 3 saturated heterocycles. The van der Waals surface area contributed by atoms with E-state index >= 15 is 0 Å². The summed E-state index contributed by atoms with van der Waals surface area (Å²) in [5, 5.41) is 0. The van der Waals surface area contributed by atoms with E-state index in [9.17, 15) is 4.79 Å². The van der Waals surface area contributed by atoms with E-state index in [1.165, 1.54) is 0 Å². The second kappa shape index (κ2) is 7.41. The summed E-state index contributed by atoms with van der Waals surface area (Å²) < 4.78 is 17.1. The lowest BCUT2D eigenvalue weighted by Crippen LogP contribution is -2.64. The van der Waals surface area contributed by atoms with Crippen molar-refractivity contribution >= 4 is 5.91 Å². The lowest BCUT2D eigenvalue weighted by atomic mass is 9.89. The molecule has 1 aromatic rings. The number of amides is 1. The molecule has 3 fully saturated rings. The number of ether oxygens (including phenoxy) is 3. The molecular formula is C19H26N2O4. The van der Waals surface area contributed by atoms with Gasteiger partial charge in [-0.15, -0.1) is 0 Å². The van der Waals surface area contributed by atoms with Crippen LogP contribution < -0.4 is 0 Å². The third kappa shape index (κ3) is 3.87. The summed E-state index contributed by atoms with van der Waals surface area (Å²) in [6.07, 6.45) is 1.02. The molecular weight excluding hydrogens is 320 g/mol. The molecule has 0 bridgehead atoms. The summed E-state index contributed by atoms with van der Waals surface area (Å²) >= 11 is 0. The number of benzene rings is 1. The predicted octanol–water partition coefficient (Wildman–Crippen LogP) is 0.905. The monoisotopic (exact) mass is 346 g/mol. The molecule has 1 atom stereocenters. The summed E-state index contributed by atoms with van der Waals surface area (Å²) in [6, 6.07) is 10.4. The number of likely N-dealkylation sites (tertiary alicyclic amines) is 1. The molecule has 6 nitrogen and oxygen atoms in total. The van der Waals surface area contributed by atoms with Crippen molar-refractivity contribution in [3.05, 3.63) is 35.9 Å². The lowest BCUT2D eigenvalue weighted by Gasteiger charge is -2.47. The largest absolute Gasteiger partial charge is 0.379 e. The zero-order valence-corrected chi connectivity index (χ0v) is 14.6. The Labute approximate surface area is 148 Å². The topological polar surface area (TPSA) is 51.2 Å². The van der Waals surface area contributed by atoms with Gasteiger partial charge in [-0.1, -0.05) is 30.3 Å². The quantitative estimate of drug-likeness (QED) is 0.793. The van der Waals surface area contributed by atoms with Crippen molar-refractivity contribution in [3.8, 4) is 0 Å². The molecule has 1 unspecified atom stereocenters. The van der Waals surface area contributed by atoms with E-state index in [-0.39, 0.29) is 18.1 Å². The van der Waals surface area contributed by atoms with E-state index in [1.54, 1.807) is 0 Å². The Balaban J connectivity index is 1.19. The average Bonchev–Trinajstić information content (AvgIpc) is 3.08. The first-order chi connectivity index (χ1) is 12.2. The Morgan fingerprint density at radius 3 is 2.72 bits per heavy atom. The minimum Gasteiger partial charge on any atom is -0.379 e. The van der Waals surface area contributed by atoms with Crippen molar-refractivity contribution in [2.75, 3.05) is 52.6 Å². The maximum Gasteiger partial charge on any atom is 0.248 e. The molecule has 3 heterocycles. The van der Waals surface area contributed by atoms with Gasteiger partial charge in [0.2, 0.25) is 5.91 Å². The van der Waals surface area contributed by atoms with E-state index in [0.29, 0.717) is 25.7 Å². The van der Waals surface area contributed by atoms with Gasteiger partial charge in [-0.25, -0.2) is 0 Å². The molecule has 1 spiro atoms. The number of morpholine rings is 1. The Kier molecular flexibility index (Phi) is 5.03. The van der Waals surface area contributed by atoms with Gasteiger partial charge in [-0.3, -0.25) is 9.69 Å². The zero-order valence-electron chi connectivity index (χ0n) is 14.6. The van der Waals surface area contributed by atoms with Gasteiger partial charge in [0.1, 0.15) is 12.2 Å². The van der Waals surface area contributed by atoms with Crippen molar-refractivity contribution in [3.63, 3.8) is 0 Å². The highest BCUT2D eigenvalue weighted by molar-refractivity contribution is 5.78. The van der Waals surface area contributed by atoms with E-state index in [0.717, 1.165) is 44.9 Å². The SMILES string of the molecule is O=C(COCc1ccccc1)N1CC2(CC(N3CCOCC3)CO2)C1. The summed E-state index contributed by atoms with van der Waals surface area (Å²) in [5.41, 5.74) is 0.959. The number of nitrogens with zero attached hydrogens (tertiary/aromatic N) is 2. The third-order valence-electron chi connectivity index (χ3n) is 5.40. The molecule has 0 N–H and O–H groups in total. The summed E-state index contributed by atoms with van der Waals surface area (Å²) in [5.74, 6) is 0.0555. The summed E-state index contributed by atoms with van der Waals surface area (Å²) in [7, 11) is 0. The molecule has 6 heteroatoms. The van der Waals surface area contributed by atoms with Gasteiger partial charge in [0.05, 0.1) is 39.5 Å². The Morgan fingerprint density at radius 1 is 1.20 bits per heavy atom. The molecule has 3 aliphatic heterocycles. The van der Waals surface area contributed by atoms with Gasteiger partial charge >= 0.3 is 0 Å². The van der Waals surface area contributed by atoms with Gasteiger partial charge in [0.25, 0.3) is 0 Å². The molecule has 0 saturated carbocycles. The van der Waals surface area contributed by atoms with Crippen LogP contribution in [-0.2, 0) is 25.6 Å². The second-order valence-corrected chi connectivity index (χ2v) is 7.23. The van der Waals surface area contributed by atoms with Crippen molar-refractivity contribution < 1.29 is 19.0 Å². The van der Waals surface area contributed by atoms with Crippen LogP contribution >= 0.6 is 0 Å². The van der Waals surface area contributed by atoms with Crippen LogP contribution in [0.5, 0.6) is 0 Å². The molecule has 1 amide bonds. The van der Waals surface area contributed by atoms with Crippen LogP contribution in [0.2, 0.25) is 0 Å². The Hall–Kier alpha value is -1.47. The average molecular weight is 346 g/mol. The normalized spacial score (nSPS) is 25.9. The van der Waals surface area contributed by atoms with Crippen molar-refractivity contribution in [2.45, 2.75) is 24.7 Å². The van der Waals surface area contributed by atoms with Crippen molar-refractivity contribution in [2.24, 2.45) is 0 Å².